The fourth-order valence-electron chi connectivity index (χ4n) is 3.83. The van der Waals surface area contributed by atoms with E-state index in [1.165, 1.54) is 24.0 Å². The van der Waals surface area contributed by atoms with E-state index < -0.39 is 0 Å². The van der Waals surface area contributed by atoms with Crippen LogP contribution in [0.3, 0.4) is 0 Å². The molecule has 136 valence electrons. The van der Waals surface area contributed by atoms with Crippen LogP contribution >= 0.6 is 0 Å². The van der Waals surface area contributed by atoms with Crippen molar-refractivity contribution in [3.8, 4) is 11.5 Å². The molecule has 1 aliphatic carbocycles. The molecule has 0 saturated heterocycles. The van der Waals surface area contributed by atoms with Crippen LogP contribution in [0.4, 0.5) is 10.5 Å². The highest BCUT2D eigenvalue weighted by Gasteiger charge is 2.22. The Kier molecular flexibility index (Phi) is 4.69. The number of carbonyl (C=O) groups is 1. The molecule has 4 rings (SSSR count). The van der Waals surface area contributed by atoms with Crippen LogP contribution in [0.15, 0.2) is 36.4 Å². The molecular weight excluding hydrogens is 328 g/mol. The molecule has 0 unspecified atom stereocenters. The molecule has 2 aliphatic rings. The number of hydrogen-bond acceptors (Lipinski definition) is 3. The van der Waals surface area contributed by atoms with Crippen LogP contribution in [0.25, 0.3) is 0 Å². The number of aryl methyl sites for hydroxylation is 1. The molecule has 0 saturated carbocycles. The molecule has 2 N–H and O–H groups in total. The minimum atomic E-state index is -0.177. The molecule has 0 radical (unpaired) electrons. The van der Waals surface area contributed by atoms with Crippen molar-refractivity contribution in [3.63, 3.8) is 0 Å². The number of carbonyl (C=O) groups excluding carboxylic acids is 1. The standard InChI is InChI=1S/C21H24N2O3/c1-25-17-9-10-20-15(12-17)11-16(13-26-20)22-21(24)23-19-8-4-6-14-5-2-3-7-18(14)19/h4,6,8-10,12,16H,2-3,5,7,11,13H2,1H3,(H2,22,23,24)/t16-/m0/s1. The summed E-state index contributed by atoms with van der Waals surface area (Å²) in [4.78, 5) is 12.5. The second kappa shape index (κ2) is 7.28. The third-order valence-corrected chi connectivity index (χ3v) is 5.15. The van der Waals surface area contributed by atoms with E-state index in [0.717, 1.165) is 42.0 Å². The van der Waals surface area contributed by atoms with E-state index >= 15 is 0 Å². The first-order valence-electron chi connectivity index (χ1n) is 9.21. The van der Waals surface area contributed by atoms with Crippen LogP contribution in [0.5, 0.6) is 11.5 Å². The van der Waals surface area contributed by atoms with E-state index in [2.05, 4.69) is 16.7 Å². The van der Waals surface area contributed by atoms with Crippen LogP contribution in [0.2, 0.25) is 0 Å². The summed E-state index contributed by atoms with van der Waals surface area (Å²) < 4.78 is 11.1. The molecule has 2 aromatic carbocycles. The van der Waals surface area contributed by atoms with Gasteiger partial charge in [0.15, 0.2) is 0 Å². The Morgan fingerprint density at radius 3 is 2.92 bits per heavy atom. The summed E-state index contributed by atoms with van der Waals surface area (Å²) in [5, 5.41) is 6.07. The smallest absolute Gasteiger partial charge is 0.319 e. The minimum absolute atomic E-state index is 0.0610. The number of anilines is 1. The number of amides is 2. The maximum Gasteiger partial charge on any atom is 0.319 e. The van der Waals surface area contributed by atoms with Gasteiger partial charge < -0.3 is 20.1 Å². The number of nitrogens with one attached hydrogen (secondary N) is 2. The first kappa shape index (κ1) is 16.8. The Balaban J connectivity index is 1.41. The summed E-state index contributed by atoms with van der Waals surface area (Å²) in [6.45, 7) is 0.472. The van der Waals surface area contributed by atoms with Gasteiger partial charge in [0.05, 0.1) is 13.2 Å². The first-order valence-corrected chi connectivity index (χ1v) is 9.21. The van der Waals surface area contributed by atoms with E-state index in [9.17, 15) is 4.79 Å². The van der Waals surface area contributed by atoms with Crippen molar-refractivity contribution in [1.29, 1.82) is 0 Å². The number of rotatable bonds is 3. The number of urea groups is 1. The molecule has 5 nitrogen and oxygen atoms in total. The number of benzene rings is 2. The lowest BCUT2D eigenvalue weighted by atomic mass is 9.90. The predicted octanol–water partition coefficient (Wildman–Crippen LogP) is 3.70. The van der Waals surface area contributed by atoms with Gasteiger partial charge in [-0.25, -0.2) is 4.79 Å². The minimum Gasteiger partial charge on any atom is -0.497 e. The zero-order chi connectivity index (χ0) is 17.9. The second-order valence-corrected chi connectivity index (χ2v) is 6.93. The highest BCUT2D eigenvalue weighted by molar-refractivity contribution is 5.90. The monoisotopic (exact) mass is 352 g/mol. The zero-order valence-corrected chi connectivity index (χ0v) is 15.0. The summed E-state index contributed by atoms with van der Waals surface area (Å²) in [5.74, 6) is 1.66. The Hall–Kier alpha value is -2.69. The van der Waals surface area contributed by atoms with Gasteiger partial charge in [0, 0.05) is 5.69 Å². The van der Waals surface area contributed by atoms with Crippen LogP contribution in [-0.4, -0.2) is 25.8 Å². The number of ether oxygens (including phenoxy) is 2. The average Bonchev–Trinajstić information content (AvgIpc) is 2.67. The third-order valence-electron chi connectivity index (χ3n) is 5.15. The van der Waals surface area contributed by atoms with Gasteiger partial charge in [-0.05, 0) is 73.1 Å². The zero-order valence-electron chi connectivity index (χ0n) is 15.0. The fraction of sp³-hybridized carbons (Fsp3) is 0.381. The lowest BCUT2D eigenvalue weighted by Crippen LogP contribution is -2.44. The van der Waals surface area contributed by atoms with Crippen LogP contribution < -0.4 is 20.1 Å². The van der Waals surface area contributed by atoms with Crippen LogP contribution in [0.1, 0.15) is 29.5 Å². The molecule has 2 amide bonds. The van der Waals surface area contributed by atoms with Gasteiger partial charge in [-0.2, -0.15) is 0 Å². The molecule has 1 aliphatic heterocycles. The van der Waals surface area contributed by atoms with Crippen molar-refractivity contribution >= 4 is 11.7 Å². The molecule has 0 aromatic heterocycles. The molecule has 1 atom stereocenters. The quantitative estimate of drug-likeness (QED) is 0.885. The van der Waals surface area contributed by atoms with Gasteiger partial charge in [-0.15, -0.1) is 0 Å². The van der Waals surface area contributed by atoms with Gasteiger partial charge in [0.2, 0.25) is 0 Å². The van der Waals surface area contributed by atoms with Gasteiger partial charge in [0.25, 0.3) is 0 Å². The molecular formula is C21H24N2O3. The van der Waals surface area contributed by atoms with Crippen molar-refractivity contribution in [2.75, 3.05) is 19.0 Å². The number of hydrogen-bond donors (Lipinski definition) is 2. The highest BCUT2D eigenvalue weighted by Crippen LogP contribution is 2.29. The van der Waals surface area contributed by atoms with Crippen LogP contribution in [0, 0.1) is 0 Å². The summed E-state index contributed by atoms with van der Waals surface area (Å²) >= 11 is 0. The van der Waals surface area contributed by atoms with Crippen molar-refractivity contribution in [2.24, 2.45) is 0 Å². The summed E-state index contributed by atoms with van der Waals surface area (Å²) in [6.07, 6.45) is 5.27. The largest absolute Gasteiger partial charge is 0.497 e. The normalized spacial score (nSPS) is 18.1. The maximum atomic E-state index is 12.5. The van der Waals surface area contributed by atoms with Crippen LogP contribution in [-0.2, 0) is 19.3 Å². The van der Waals surface area contributed by atoms with Gasteiger partial charge >= 0.3 is 6.03 Å². The lowest BCUT2D eigenvalue weighted by Gasteiger charge is -2.27. The molecule has 0 bridgehead atoms. The number of fused-ring (bicyclic) bond motifs is 2. The molecule has 0 fully saturated rings. The van der Waals surface area contributed by atoms with E-state index in [-0.39, 0.29) is 12.1 Å². The molecule has 2 aromatic rings. The Bertz CT molecular complexity index is 819. The van der Waals surface area contributed by atoms with E-state index in [0.29, 0.717) is 6.61 Å². The highest BCUT2D eigenvalue weighted by atomic mass is 16.5. The SMILES string of the molecule is COc1ccc2c(c1)C[C@H](NC(=O)Nc1cccc3c1CCCC3)CO2. The van der Waals surface area contributed by atoms with E-state index in [1.807, 2.05) is 30.3 Å². The fourth-order valence-corrected chi connectivity index (χ4v) is 3.83. The van der Waals surface area contributed by atoms with E-state index in [1.54, 1.807) is 7.11 Å². The summed E-state index contributed by atoms with van der Waals surface area (Å²) in [7, 11) is 1.65. The van der Waals surface area contributed by atoms with Crippen molar-refractivity contribution < 1.29 is 14.3 Å². The molecule has 5 heteroatoms. The molecule has 0 spiro atoms. The van der Waals surface area contributed by atoms with Gasteiger partial charge in [-0.3, -0.25) is 0 Å². The first-order chi connectivity index (χ1) is 12.7. The Morgan fingerprint density at radius 2 is 2.04 bits per heavy atom. The predicted molar refractivity (Wildman–Crippen MR) is 101 cm³/mol. The van der Waals surface area contributed by atoms with Crippen molar-refractivity contribution in [1.82, 2.24) is 5.32 Å². The maximum absolute atomic E-state index is 12.5. The van der Waals surface area contributed by atoms with Gasteiger partial charge in [0.1, 0.15) is 18.1 Å². The van der Waals surface area contributed by atoms with E-state index in [4.69, 9.17) is 9.47 Å². The number of methoxy groups -OCH3 is 1. The third kappa shape index (κ3) is 3.47. The molecule has 1 heterocycles. The Labute approximate surface area is 153 Å². The lowest BCUT2D eigenvalue weighted by molar-refractivity contribution is 0.222. The van der Waals surface area contributed by atoms with Crippen molar-refractivity contribution in [3.05, 3.63) is 53.1 Å². The summed E-state index contributed by atoms with van der Waals surface area (Å²) in [6, 6.07) is 11.7. The Morgan fingerprint density at radius 1 is 1.15 bits per heavy atom. The van der Waals surface area contributed by atoms with Gasteiger partial charge in [-0.1, -0.05) is 12.1 Å². The second-order valence-electron chi connectivity index (χ2n) is 6.93. The molecule has 26 heavy (non-hydrogen) atoms. The topological polar surface area (TPSA) is 59.6 Å². The summed E-state index contributed by atoms with van der Waals surface area (Å²) in [5.41, 5.74) is 4.62. The van der Waals surface area contributed by atoms with Crippen molar-refractivity contribution in [2.45, 2.75) is 38.1 Å². The average molecular weight is 352 g/mol.